The van der Waals surface area contributed by atoms with Gasteiger partial charge in [0.1, 0.15) is 0 Å². The van der Waals surface area contributed by atoms with Crippen LogP contribution in [0.4, 0.5) is 0 Å². The third kappa shape index (κ3) is 5.80. The summed E-state index contributed by atoms with van der Waals surface area (Å²) in [6, 6.07) is 0. The van der Waals surface area contributed by atoms with Crippen molar-refractivity contribution < 1.29 is 0 Å². The van der Waals surface area contributed by atoms with Crippen molar-refractivity contribution in [2.45, 2.75) is 26.2 Å². The van der Waals surface area contributed by atoms with Gasteiger partial charge in [0.2, 0.25) is 0 Å². The SMILES string of the molecule is [CH2]CCN(C)CC(CN(C)CC1C=CC=C(C)C1)C1=CC1. The van der Waals surface area contributed by atoms with Crippen molar-refractivity contribution in [1.29, 1.82) is 0 Å². The summed E-state index contributed by atoms with van der Waals surface area (Å²) in [6.07, 6.45) is 12.7. The molecule has 0 aromatic rings. The Morgan fingerprint density at radius 3 is 2.62 bits per heavy atom. The molecular formula is C19H31N2. The van der Waals surface area contributed by atoms with E-state index in [2.05, 4.69) is 62.0 Å². The summed E-state index contributed by atoms with van der Waals surface area (Å²) < 4.78 is 0. The third-order valence-electron chi connectivity index (χ3n) is 4.46. The number of rotatable bonds is 9. The van der Waals surface area contributed by atoms with Gasteiger partial charge >= 0.3 is 0 Å². The van der Waals surface area contributed by atoms with E-state index in [1.807, 2.05) is 0 Å². The second kappa shape index (κ2) is 7.95. The quantitative estimate of drug-likeness (QED) is 0.598. The van der Waals surface area contributed by atoms with Crippen LogP contribution >= 0.6 is 0 Å². The minimum atomic E-state index is 0.686. The van der Waals surface area contributed by atoms with Gasteiger partial charge in [-0.25, -0.2) is 0 Å². The van der Waals surface area contributed by atoms with Crippen LogP contribution in [0.2, 0.25) is 0 Å². The smallest absolute Gasteiger partial charge is 0.00566 e. The Labute approximate surface area is 131 Å². The van der Waals surface area contributed by atoms with Crippen molar-refractivity contribution in [3.05, 3.63) is 42.4 Å². The third-order valence-corrected chi connectivity index (χ3v) is 4.46. The summed E-state index contributed by atoms with van der Waals surface area (Å²) in [5.74, 6) is 1.39. The topological polar surface area (TPSA) is 6.48 Å². The Bertz CT molecular complexity index is 419. The number of hydrogen-bond donors (Lipinski definition) is 0. The maximum atomic E-state index is 3.96. The first-order chi connectivity index (χ1) is 10.1. The first kappa shape index (κ1) is 16.5. The number of allylic oxidation sites excluding steroid dienone is 4. The number of hydrogen-bond acceptors (Lipinski definition) is 2. The first-order valence-corrected chi connectivity index (χ1v) is 8.27. The molecule has 2 nitrogen and oxygen atoms in total. The van der Waals surface area contributed by atoms with Gasteiger partial charge in [-0.05, 0) is 52.7 Å². The maximum Gasteiger partial charge on any atom is 0.00566 e. The summed E-state index contributed by atoms with van der Waals surface area (Å²) in [6.45, 7) is 10.8. The first-order valence-electron chi connectivity index (χ1n) is 8.27. The van der Waals surface area contributed by atoms with E-state index < -0.39 is 0 Å². The average molecular weight is 287 g/mol. The minimum Gasteiger partial charge on any atom is -0.306 e. The second-order valence-corrected chi connectivity index (χ2v) is 6.88. The summed E-state index contributed by atoms with van der Waals surface area (Å²) >= 11 is 0. The lowest BCUT2D eigenvalue weighted by Gasteiger charge is -2.29. The van der Waals surface area contributed by atoms with E-state index in [0.29, 0.717) is 11.8 Å². The fourth-order valence-corrected chi connectivity index (χ4v) is 3.33. The van der Waals surface area contributed by atoms with Gasteiger partial charge in [-0.2, -0.15) is 0 Å². The largest absolute Gasteiger partial charge is 0.306 e. The van der Waals surface area contributed by atoms with E-state index >= 15 is 0 Å². The molecule has 0 aliphatic heterocycles. The number of nitrogens with zero attached hydrogens (tertiary/aromatic N) is 2. The molecule has 0 bridgehead atoms. The van der Waals surface area contributed by atoms with E-state index in [1.165, 1.54) is 38.0 Å². The Morgan fingerprint density at radius 1 is 1.29 bits per heavy atom. The lowest BCUT2D eigenvalue weighted by molar-refractivity contribution is 0.225. The van der Waals surface area contributed by atoms with Crippen LogP contribution in [0, 0.1) is 18.8 Å². The van der Waals surface area contributed by atoms with Gasteiger partial charge in [0.05, 0.1) is 0 Å². The molecule has 0 N–H and O–H groups in total. The summed E-state index contributed by atoms with van der Waals surface area (Å²) in [5, 5.41) is 0. The zero-order valence-electron chi connectivity index (χ0n) is 14.0. The Kier molecular flexibility index (Phi) is 6.25. The Hall–Kier alpha value is -0.860. The molecule has 2 aliphatic carbocycles. The highest BCUT2D eigenvalue weighted by Gasteiger charge is 2.24. The standard InChI is InChI=1S/C19H31N2/c1-5-11-20(3)14-19(18-9-10-18)15-21(4)13-17-8-6-7-16(2)12-17/h6-9,17,19H,1,5,10-15H2,2-4H3. The lowest BCUT2D eigenvalue weighted by atomic mass is 9.94. The second-order valence-electron chi connectivity index (χ2n) is 6.88. The van der Waals surface area contributed by atoms with E-state index in [4.69, 9.17) is 0 Å². The molecule has 117 valence electrons. The highest BCUT2D eigenvalue weighted by atomic mass is 15.1. The van der Waals surface area contributed by atoms with Crippen LogP contribution in [0.25, 0.3) is 0 Å². The van der Waals surface area contributed by atoms with Crippen molar-refractivity contribution in [3.63, 3.8) is 0 Å². The van der Waals surface area contributed by atoms with E-state index in [1.54, 1.807) is 5.57 Å². The van der Waals surface area contributed by atoms with Gasteiger partial charge in [-0.1, -0.05) is 42.4 Å². The van der Waals surface area contributed by atoms with Crippen LogP contribution < -0.4 is 0 Å². The Morgan fingerprint density at radius 2 is 2.00 bits per heavy atom. The molecule has 0 aromatic carbocycles. The molecule has 21 heavy (non-hydrogen) atoms. The molecule has 0 heterocycles. The van der Waals surface area contributed by atoms with Gasteiger partial charge < -0.3 is 9.80 Å². The molecule has 0 amide bonds. The molecule has 0 fully saturated rings. The summed E-state index contributed by atoms with van der Waals surface area (Å²) in [7, 11) is 4.50. The van der Waals surface area contributed by atoms with Crippen molar-refractivity contribution >= 4 is 0 Å². The Balaban J connectivity index is 1.78. The lowest BCUT2D eigenvalue weighted by Crippen LogP contribution is -2.36. The molecule has 0 aromatic heterocycles. The van der Waals surface area contributed by atoms with E-state index in [9.17, 15) is 0 Å². The van der Waals surface area contributed by atoms with E-state index in [-0.39, 0.29) is 0 Å². The van der Waals surface area contributed by atoms with E-state index in [0.717, 1.165) is 13.0 Å². The van der Waals surface area contributed by atoms with Crippen LogP contribution in [0.15, 0.2) is 35.5 Å². The molecule has 2 heteroatoms. The van der Waals surface area contributed by atoms with Gasteiger partial charge in [-0.15, -0.1) is 0 Å². The van der Waals surface area contributed by atoms with Crippen LogP contribution in [-0.2, 0) is 0 Å². The summed E-state index contributed by atoms with van der Waals surface area (Å²) in [5.41, 5.74) is 3.17. The van der Waals surface area contributed by atoms with Crippen molar-refractivity contribution in [1.82, 2.24) is 9.80 Å². The normalized spacial score (nSPS) is 22.5. The van der Waals surface area contributed by atoms with Crippen LogP contribution in [0.1, 0.15) is 26.2 Å². The molecule has 2 atom stereocenters. The fourth-order valence-electron chi connectivity index (χ4n) is 3.33. The molecule has 2 rings (SSSR count). The molecule has 0 saturated heterocycles. The fraction of sp³-hybridized carbons (Fsp3) is 0.632. The highest BCUT2D eigenvalue weighted by molar-refractivity contribution is 5.25. The zero-order valence-corrected chi connectivity index (χ0v) is 14.0. The highest BCUT2D eigenvalue weighted by Crippen LogP contribution is 2.29. The molecular weight excluding hydrogens is 256 g/mol. The maximum absolute atomic E-state index is 3.96. The molecule has 0 saturated carbocycles. The molecule has 2 unspecified atom stereocenters. The van der Waals surface area contributed by atoms with Gasteiger partial charge in [0.25, 0.3) is 0 Å². The van der Waals surface area contributed by atoms with Gasteiger partial charge in [-0.3, -0.25) is 0 Å². The molecule has 2 aliphatic rings. The van der Waals surface area contributed by atoms with Crippen LogP contribution in [0.3, 0.4) is 0 Å². The molecule has 1 radical (unpaired) electrons. The van der Waals surface area contributed by atoms with Gasteiger partial charge in [0, 0.05) is 25.6 Å². The predicted octanol–water partition coefficient (Wildman–Crippen LogP) is 3.54. The minimum absolute atomic E-state index is 0.686. The zero-order chi connectivity index (χ0) is 15.2. The van der Waals surface area contributed by atoms with Crippen molar-refractivity contribution in [3.8, 4) is 0 Å². The monoisotopic (exact) mass is 287 g/mol. The van der Waals surface area contributed by atoms with Gasteiger partial charge in [0.15, 0.2) is 0 Å². The molecule has 0 spiro atoms. The van der Waals surface area contributed by atoms with Crippen LogP contribution in [0.5, 0.6) is 0 Å². The van der Waals surface area contributed by atoms with Crippen molar-refractivity contribution in [2.75, 3.05) is 40.3 Å². The van der Waals surface area contributed by atoms with Crippen LogP contribution in [-0.4, -0.2) is 50.1 Å². The van der Waals surface area contributed by atoms with Crippen molar-refractivity contribution in [2.24, 2.45) is 11.8 Å². The summed E-state index contributed by atoms with van der Waals surface area (Å²) in [4.78, 5) is 4.95. The average Bonchev–Trinajstić information content (AvgIpc) is 3.22. The predicted molar refractivity (Wildman–Crippen MR) is 92.2 cm³/mol.